The summed E-state index contributed by atoms with van der Waals surface area (Å²) in [4.78, 5) is 11.3. The van der Waals surface area contributed by atoms with E-state index < -0.39 is 0 Å². The summed E-state index contributed by atoms with van der Waals surface area (Å²) in [5.74, 6) is 0.738. The van der Waals surface area contributed by atoms with Crippen molar-refractivity contribution in [3.63, 3.8) is 0 Å². The van der Waals surface area contributed by atoms with Gasteiger partial charge in [0.25, 0.3) is 0 Å². The molecule has 2 amide bonds. The van der Waals surface area contributed by atoms with Crippen LogP contribution in [0.3, 0.4) is 0 Å². The van der Waals surface area contributed by atoms with Crippen LogP contribution in [-0.2, 0) is 7.05 Å². The Morgan fingerprint density at radius 3 is 2.93 bits per heavy atom. The average molecular weight is 211 g/mol. The zero-order valence-electron chi connectivity index (χ0n) is 9.32. The predicted molar refractivity (Wildman–Crippen MR) is 56.2 cm³/mol. The number of nitrogens with zero attached hydrogens (tertiary/aromatic N) is 3. The van der Waals surface area contributed by atoms with Crippen molar-refractivity contribution < 1.29 is 4.79 Å². The quantitative estimate of drug-likeness (QED) is 0.765. The molecule has 1 rings (SSSR count). The van der Waals surface area contributed by atoms with Gasteiger partial charge in [-0.25, -0.2) is 4.79 Å². The largest absolute Gasteiger partial charge is 0.338 e. The van der Waals surface area contributed by atoms with Gasteiger partial charge in [-0.15, -0.1) is 10.2 Å². The lowest BCUT2D eigenvalue weighted by Crippen LogP contribution is -2.38. The van der Waals surface area contributed by atoms with Crippen molar-refractivity contribution in [2.24, 2.45) is 7.05 Å². The molecule has 0 saturated carbocycles. The van der Waals surface area contributed by atoms with Gasteiger partial charge in [0.1, 0.15) is 6.33 Å². The molecular formula is C9H17N5O. The average Bonchev–Trinajstić information content (AvgIpc) is 2.61. The summed E-state index contributed by atoms with van der Waals surface area (Å²) in [5.41, 5.74) is 0. The lowest BCUT2D eigenvalue weighted by Gasteiger charge is -2.13. The van der Waals surface area contributed by atoms with E-state index in [0.29, 0.717) is 6.54 Å². The second kappa shape index (κ2) is 5.33. The third-order valence-corrected chi connectivity index (χ3v) is 2.02. The van der Waals surface area contributed by atoms with E-state index in [1.807, 2.05) is 20.9 Å². The number of urea groups is 1. The van der Waals surface area contributed by atoms with Crippen LogP contribution in [0, 0.1) is 0 Å². The number of carbonyl (C=O) groups excluding carboxylic acids is 1. The Morgan fingerprint density at radius 1 is 1.67 bits per heavy atom. The van der Waals surface area contributed by atoms with Crippen molar-refractivity contribution >= 4 is 6.03 Å². The van der Waals surface area contributed by atoms with Gasteiger partial charge in [-0.05, 0) is 13.3 Å². The molecule has 0 bridgehead atoms. The number of hydrogen-bond acceptors (Lipinski definition) is 3. The van der Waals surface area contributed by atoms with Crippen LogP contribution in [0.25, 0.3) is 0 Å². The first-order chi connectivity index (χ1) is 7.15. The van der Waals surface area contributed by atoms with Crippen molar-refractivity contribution in [3.05, 3.63) is 12.2 Å². The molecule has 0 fully saturated rings. The first-order valence-corrected chi connectivity index (χ1v) is 5.03. The minimum Gasteiger partial charge on any atom is -0.338 e. The van der Waals surface area contributed by atoms with Crippen molar-refractivity contribution in [3.8, 4) is 0 Å². The van der Waals surface area contributed by atoms with Crippen LogP contribution in [0.5, 0.6) is 0 Å². The Balaban J connectivity index is 2.45. The molecule has 0 saturated heterocycles. The fourth-order valence-corrected chi connectivity index (χ4v) is 1.23. The summed E-state index contributed by atoms with van der Waals surface area (Å²) in [5, 5.41) is 13.2. The zero-order chi connectivity index (χ0) is 11.3. The summed E-state index contributed by atoms with van der Waals surface area (Å²) in [7, 11) is 1.84. The van der Waals surface area contributed by atoms with Gasteiger partial charge in [0.15, 0.2) is 5.82 Å². The normalized spacial score (nSPS) is 12.2. The molecule has 0 aliphatic rings. The summed E-state index contributed by atoms with van der Waals surface area (Å²) in [6.07, 6.45) is 2.53. The van der Waals surface area contributed by atoms with E-state index in [0.717, 1.165) is 12.2 Å². The third kappa shape index (κ3) is 3.23. The molecule has 15 heavy (non-hydrogen) atoms. The van der Waals surface area contributed by atoms with Crippen LogP contribution in [0.15, 0.2) is 6.33 Å². The summed E-state index contributed by atoms with van der Waals surface area (Å²) in [6, 6.07) is -0.318. The molecule has 84 valence electrons. The Hall–Kier alpha value is -1.59. The fourth-order valence-electron chi connectivity index (χ4n) is 1.23. The van der Waals surface area contributed by atoms with Crippen LogP contribution >= 0.6 is 0 Å². The minimum atomic E-state index is -0.174. The van der Waals surface area contributed by atoms with Crippen LogP contribution < -0.4 is 10.6 Å². The third-order valence-electron chi connectivity index (χ3n) is 2.02. The number of aromatic nitrogens is 3. The molecule has 1 atom stereocenters. The highest BCUT2D eigenvalue weighted by molar-refractivity contribution is 5.74. The molecule has 1 aromatic rings. The highest BCUT2D eigenvalue weighted by atomic mass is 16.2. The molecule has 0 radical (unpaired) electrons. The maximum absolute atomic E-state index is 11.3. The topological polar surface area (TPSA) is 71.8 Å². The van der Waals surface area contributed by atoms with Gasteiger partial charge >= 0.3 is 6.03 Å². The Morgan fingerprint density at radius 2 is 2.40 bits per heavy atom. The van der Waals surface area contributed by atoms with Gasteiger partial charge in [0.2, 0.25) is 0 Å². The van der Waals surface area contributed by atoms with Crippen LogP contribution in [0.1, 0.15) is 32.1 Å². The number of amides is 2. The fraction of sp³-hybridized carbons (Fsp3) is 0.667. The molecule has 0 aliphatic heterocycles. The van der Waals surface area contributed by atoms with Crippen LogP contribution in [-0.4, -0.2) is 27.3 Å². The van der Waals surface area contributed by atoms with Crippen LogP contribution in [0.2, 0.25) is 0 Å². The van der Waals surface area contributed by atoms with Gasteiger partial charge in [-0.1, -0.05) is 6.92 Å². The van der Waals surface area contributed by atoms with Crippen molar-refractivity contribution in [1.29, 1.82) is 0 Å². The summed E-state index contributed by atoms with van der Waals surface area (Å²) < 4.78 is 1.78. The first-order valence-electron chi connectivity index (χ1n) is 5.03. The van der Waals surface area contributed by atoms with Crippen molar-refractivity contribution in [1.82, 2.24) is 25.4 Å². The molecule has 0 aliphatic carbocycles. The van der Waals surface area contributed by atoms with Gasteiger partial charge < -0.3 is 15.2 Å². The van der Waals surface area contributed by atoms with E-state index in [1.54, 1.807) is 10.9 Å². The molecule has 1 aromatic heterocycles. The standard InChI is InChI=1S/C9H17N5O/c1-4-5-10-9(15)12-7(2)8-13-11-6-14(8)3/h6-7H,4-5H2,1-3H3,(H2,10,12,15). The number of rotatable bonds is 4. The van der Waals surface area contributed by atoms with E-state index in [1.165, 1.54) is 0 Å². The number of nitrogens with one attached hydrogen (secondary N) is 2. The van der Waals surface area contributed by atoms with Crippen molar-refractivity contribution in [2.45, 2.75) is 26.3 Å². The van der Waals surface area contributed by atoms with E-state index in [4.69, 9.17) is 0 Å². The molecule has 1 unspecified atom stereocenters. The van der Waals surface area contributed by atoms with E-state index in [-0.39, 0.29) is 12.1 Å². The monoisotopic (exact) mass is 211 g/mol. The summed E-state index contributed by atoms with van der Waals surface area (Å²) >= 11 is 0. The second-order valence-electron chi connectivity index (χ2n) is 3.42. The molecule has 0 aromatic carbocycles. The predicted octanol–water partition coefficient (Wildman–Crippen LogP) is 0.585. The SMILES string of the molecule is CCCNC(=O)NC(C)c1nncn1C. The smallest absolute Gasteiger partial charge is 0.315 e. The maximum Gasteiger partial charge on any atom is 0.315 e. The maximum atomic E-state index is 11.3. The Labute approximate surface area is 89.1 Å². The van der Waals surface area contributed by atoms with E-state index >= 15 is 0 Å². The zero-order valence-corrected chi connectivity index (χ0v) is 9.32. The first kappa shape index (κ1) is 11.5. The Bertz CT molecular complexity index is 322. The van der Waals surface area contributed by atoms with Crippen LogP contribution in [0.4, 0.5) is 4.79 Å². The van der Waals surface area contributed by atoms with Gasteiger partial charge in [-0.2, -0.15) is 0 Å². The molecule has 6 heteroatoms. The number of hydrogen-bond donors (Lipinski definition) is 2. The lowest BCUT2D eigenvalue weighted by molar-refractivity contribution is 0.237. The lowest BCUT2D eigenvalue weighted by atomic mass is 10.3. The highest BCUT2D eigenvalue weighted by Gasteiger charge is 2.13. The van der Waals surface area contributed by atoms with E-state index in [2.05, 4.69) is 20.8 Å². The number of carbonyl (C=O) groups is 1. The van der Waals surface area contributed by atoms with Crippen molar-refractivity contribution in [2.75, 3.05) is 6.54 Å². The molecular weight excluding hydrogens is 194 g/mol. The molecule has 0 spiro atoms. The molecule has 2 N–H and O–H groups in total. The molecule has 1 heterocycles. The van der Waals surface area contributed by atoms with E-state index in [9.17, 15) is 4.79 Å². The highest BCUT2D eigenvalue weighted by Crippen LogP contribution is 2.06. The second-order valence-corrected chi connectivity index (χ2v) is 3.42. The van der Waals surface area contributed by atoms with Gasteiger partial charge in [0.05, 0.1) is 6.04 Å². The molecule has 6 nitrogen and oxygen atoms in total. The van der Waals surface area contributed by atoms with Gasteiger partial charge in [-0.3, -0.25) is 0 Å². The number of aryl methyl sites for hydroxylation is 1. The van der Waals surface area contributed by atoms with Gasteiger partial charge in [0, 0.05) is 13.6 Å². The minimum absolute atomic E-state index is 0.144. The Kier molecular flexibility index (Phi) is 4.08. The summed E-state index contributed by atoms with van der Waals surface area (Å²) in [6.45, 7) is 4.55.